The second-order valence-corrected chi connectivity index (χ2v) is 7.27. The molecular weight excluding hydrogens is 318 g/mol. The van der Waals surface area contributed by atoms with E-state index in [-0.39, 0.29) is 12.0 Å². The largest absolute Gasteiger partial charge is 0.396 e. The van der Waals surface area contributed by atoms with Crippen molar-refractivity contribution in [2.75, 3.05) is 37.8 Å². The van der Waals surface area contributed by atoms with E-state index >= 15 is 0 Å². The molecule has 3 rings (SSSR count). The quantitative estimate of drug-likeness (QED) is 0.827. The van der Waals surface area contributed by atoms with Gasteiger partial charge in [0.25, 0.3) is 0 Å². The molecule has 0 bridgehead atoms. The Labute approximate surface area is 148 Å². The van der Waals surface area contributed by atoms with Crippen molar-refractivity contribution in [3.05, 3.63) is 24.9 Å². The Morgan fingerprint density at radius 2 is 1.88 bits per heavy atom. The van der Waals surface area contributed by atoms with Gasteiger partial charge in [0.1, 0.15) is 0 Å². The minimum atomic E-state index is -0.0380. The van der Waals surface area contributed by atoms with Gasteiger partial charge in [-0.25, -0.2) is 15.0 Å². The minimum absolute atomic E-state index is 0.0380. The molecule has 0 unspecified atom stereocenters. The minimum Gasteiger partial charge on any atom is -0.396 e. The van der Waals surface area contributed by atoms with Crippen molar-refractivity contribution in [3.8, 4) is 11.3 Å². The molecule has 7 nitrogen and oxygen atoms in total. The van der Waals surface area contributed by atoms with Crippen LogP contribution in [0.5, 0.6) is 0 Å². The number of rotatable bonds is 7. The predicted molar refractivity (Wildman–Crippen MR) is 96.4 cm³/mol. The monoisotopic (exact) mass is 345 g/mol. The van der Waals surface area contributed by atoms with Crippen LogP contribution >= 0.6 is 0 Å². The van der Waals surface area contributed by atoms with Gasteiger partial charge in [-0.3, -0.25) is 0 Å². The average molecular weight is 345 g/mol. The molecule has 2 aromatic heterocycles. The van der Waals surface area contributed by atoms with E-state index < -0.39 is 0 Å². The number of hydrogen-bond acceptors (Lipinski definition) is 6. The molecule has 0 spiro atoms. The molecular formula is C18H27N5O2. The first-order chi connectivity index (χ1) is 12.1. The Morgan fingerprint density at radius 3 is 2.56 bits per heavy atom. The second-order valence-electron chi connectivity index (χ2n) is 7.27. The summed E-state index contributed by atoms with van der Waals surface area (Å²) in [6.45, 7) is 8.35. The summed E-state index contributed by atoms with van der Waals surface area (Å²) in [5.41, 5.74) is 1.95. The Morgan fingerprint density at radius 1 is 1.16 bits per heavy atom. The Kier molecular flexibility index (Phi) is 5.65. The van der Waals surface area contributed by atoms with Crippen LogP contribution in [0.15, 0.2) is 24.9 Å². The third-order valence-electron chi connectivity index (χ3n) is 4.62. The topological polar surface area (TPSA) is 76.3 Å². The number of aromatic nitrogens is 4. The van der Waals surface area contributed by atoms with Crippen LogP contribution in [0.3, 0.4) is 0 Å². The van der Waals surface area contributed by atoms with E-state index in [1.807, 2.05) is 24.9 Å². The third kappa shape index (κ3) is 4.55. The molecule has 1 N–H and O–H groups in total. The third-order valence-corrected chi connectivity index (χ3v) is 4.62. The van der Waals surface area contributed by atoms with Crippen LogP contribution in [0.4, 0.5) is 5.95 Å². The summed E-state index contributed by atoms with van der Waals surface area (Å²) >= 11 is 0. The summed E-state index contributed by atoms with van der Waals surface area (Å²) in [4.78, 5) is 15.5. The van der Waals surface area contributed by atoms with E-state index in [1.54, 1.807) is 0 Å². The predicted octanol–water partition coefficient (Wildman–Crippen LogP) is 1.98. The van der Waals surface area contributed by atoms with Gasteiger partial charge in [-0.1, -0.05) is 13.8 Å². The van der Waals surface area contributed by atoms with E-state index in [0.29, 0.717) is 0 Å². The Hall–Kier alpha value is -1.99. The van der Waals surface area contributed by atoms with Crippen LogP contribution in [-0.4, -0.2) is 57.5 Å². The second kappa shape index (κ2) is 7.93. The molecule has 1 fully saturated rings. The number of imidazole rings is 1. The molecule has 25 heavy (non-hydrogen) atoms. The van der Waals surface area contributed by atoms with Gasteiger partial charge in [0.2, 0.25) is 5.95 Å². The SMILES string of the molecule is CC(C)(CO)CCCn1cncc1-c1cnc(N2CCOCC2)nc1. The molecule has 1 aliphatic heterocycles. The number of nitrogens with zero attached hydrogens (tertiary/aromatic N) is 5. The Balaban J connectivity index is 1.65. The molecule has 136 valence electrons. The van der Waals surface area contributed by atoms with Gasteiger partial charge in [0, 0.05) is 44.2 Å². The fourth-order valence-electron chi connectivity index (χ4n) is 2.93. The van der Waals surface area contributed by atoms with Crippen molar-refractivity contribution in [2.45, 2.75) is 33.2 Å². The smallest absolute Gasteiger partial charge is 0.225 e. The number of anilines is 1. The van der Waals surface area contributed by atoms with Crippen LogP contribution < -0.4 is 4.90 Å². The van der Waals surface area contributed by atoms with Crippen molar-refractivity contribution in [3.63, 3.8) is 0 Å². The summed E-state index contributed by atoms with van der Waals surface area (Å²) in [6, 6.07) is 0. The fourth-order valence-corrected chi connectivity index (χ4v) is 2.93. The van der Waals surface area contributed by atoms with Crippen molar-refractivity contribution in [1.29, 1.82) is 0 Å². The molecule has 0 aliphatic carbocycles. The molecule has 2 aromatic rings. The van der Waals surface area contributed by atoms with Crippen LogP contribution in [0, 0.1) is 5.41 Å². The van der Waals surface area contributed by atoms with Gasteiger partial charge in [-0.05, 0) is 18.3 Å². The molecule has 0 radical (unpaired) electrons. The van der Waals surface area contributed by atoms with Gasteiger partial charge in [-0.2, -0.15) is 0 Å². The summed E-state index contributed by atoms with van der Waals surface area (Å²) in [6.07, 6.45) is 9.38. The lowest BCUT2D eigenvalue weighted by Crippen LogP contribution is -2.37. The van der Waals surface area contributed by atoms with Gasteiger partial charge in [0.15, 0.2) is 0 Å². The van der Waals surface area contributed by atoms with Crippen LogP contribution in [-0.2, 0) is 11.3 Å². The molecule has 1 aliphatic rings. The number of aryl methyl sites for hydroxylation is 1. The van der Waals surface area contributed by atoms with Crippen molar-refractivity contribution >= 4 is 5.95 Å². The molecule has 7 heteroatoms. The number of aliphatic hydroxyl groups excluding tert-OH is 1. The standard InChI is InChI=1S/C18H27N5O2/c1-18(2,13-24)4-3-5-23-14-19-12-16(23)15-10-20-17(21-11-15)22-6-8-25-9-7-22/h10-12,14,24H,3-9,13H2,1-2H3. The van der Waals surface area contributed by atoms with Crippen LogP contribution in [0.2, 0.25) is 0 Å². The summed E-state index contributed by atoms with van der Waals surface area (Å²) < 4.78 is 7.49. The van der Waals surface area contributed by atoms with Gasteiger partial charge in [0.05, 0.1) is 31.4 Å². The highest BCUT2D eigenvalue weighted by Gasteiger charge is 2.17. The molecule has 0 atom stereocenters. The number of hydrogen-bond donors (Lipinski definition) is 1. The lowest BCUT2D eigenvalue weighted by Gasteiger charge is -2.26. The van der Waals surface area contributed by atoms with Gasteiger partial charge >= 0.3 is 0 Å². The zero-order valence-corrected chi connectivity index (χ0v) is 15.1. The van der Waals surface area contributed by atoms with Gasteiger partial charge < -0.3 is 19.3 Å². The highest BCUT2D eigenvalue weighted by Crippen LogP contribution is 2.24. The zero-order chi connectivity index (χ0) is 17.7. The number of morpholine rings is 1. The average Bonchev–Trinajstić information content (AvgIpc) is 3.11. The van der Waals surface area contributed by atoms with Crippen LogP contribution in [0.25, 0.3) is 11.3 Å². The normalized spacial score (nSPS) is 15.6. The lowest BCUT2D eigenvalue weighted by atomic mass is 9.89. The molecule has 1 saturated heterocycles. The van der Waals surface area contributed by atoms with E-state index in [4.69, 9.17) is 4.74 Å². The molecule has 3 heterocycles. The van der Waals surface area contributed by atoms with Crippen molar-refractivity contribution in [1.82, 2.24) is 19.5 Å². The van der Waals surface area contributed by atoms with Gasteiger partial charge in [-0.15, -0.1) is 0 Å². The molecule has 0 saturated carbocycles. The maximum atomic E-state index is 9.37. The Bertz CT molecular complexity index is 662. The molecule has 0 aromatic carbocycles. The zero-order valence-electron chi connectivity index (χ0n) is 15.1. The first kappa shape index (κ1) is 17.8. The van der Waals surface area contributed by atoms with E-state index in [1.165, 1.54) is 0 Å². The lowest BCUT2D eigenvalue weighted by molar-refractivity contribution is 0.122. The van der Waals surface area contributed by atoms with Crippen molar-refractivity contribution < 1.29 is 9.84 Å². The molecule has 0 amide bonds. The van der Waals surface area contributed by atoms with E-state index in [2.05, 4.69) is 38.3 Å². The number of ether oxygens (including phenoxy) is 1. The van der Waals surface area contributed by atoms with Crippen LogP contribution in [0.1, 0.15) is 26.7 Å². The maximum absolute atomic E-state index is 9.37. The first-order valence-corrected chi connectivity index (χ1v) is 8.85. The number of aliphatic hydroxyl groups is 1. The maximum Gasteiger partial charge on any atom is 0.225 e. The highest BCUT2D eigenvalue weighted by molar-refractivity contribution is 5.57. The van der Waals surface area contributed by atoms with E-state index in [0.717, 1.165) is 62.9 Å². The fraction of sp³-hybridized carbons (Fsp3) is 0.611. The first-order valence-electron chi connectivity index (χ1n) is 8.85. The highest BCUT2D eigenvalue weighted by atomic mass is 16.5. The summed E-state index contributed by atoms with van der Waals surface area (Å²) in [5, 5.41) is 9.37. The summed E-state index contributed by atoms with van der Waals surface area (Å²) in [5.74, 6) is 0.753. The van der Waals surface area contributed by atoms with Crippen molar-refractivity contribution in [2.24, 2.45) is 5.41 Å². The summed E-state index contributed by atoms with van der Waals surface area (Å²) in [7, 11) is 0. The van der Waals surface area contributed by atoms with E-state index in [9.17, 15) is 5.11 Å².